The molecule has 200 valence electrons. The highest BCUT2D eigenvalue weighted by molar-refractivity contribution is 5.48. The second-order valence-electron chi connectivity index (χ2n) is 11.9. The number of aromatic hydroxyl groups is 2. The van der Waals surface area contributed by atoms with Gasteiger partial charge in [-0.15, -0.1) is 0 Å². The first-order valence-electron chi connectivity index (χ1n) is 14.1. The number of phenolic OH excluding ortho intramolecular Hbond substituents is 2. The summed E-state index contributed by atoms with van der Waals surface area (Å²) >= 11 is 0. The van der Waals surface area contributed by atoms with Crippen LogP contribution < -0.4 is 4.74 Å². The number of alkyl halides is 1. The molecule has 0 aromatic heterocycles. The van der Waals surface area contributed by atoms with Crippen LogP contribution in [0.25, 0.3) is 0 Å². The first-order valence-corrected chi connectivity index (χ1v) is 14.1. The molecule has 0 spiro atoms. The van der Waals surface area contributed by atoms with Gasteiger partial charge in [-0.25, -0.2) is 0 Å². The Morgan fingerprint density at radius 2 is 1.42 bits per heavy atom. The maximum Gasteiger partial charge on any atom is 0.126 e. The number of hydrogen-bond donors (Lipinski definition) is 2. The molecule has 2 N–H and O–H groups in total. The third-order valence-corrected chi connectivity index (χ3v) is 8.28. The highest BCUT2D eigenvalue weighted by Crippen LogP contribution is 2.49. The lowest BCUT2D eigenvalue weighted by Gasteiger charge is -2.43. The van der Waals surface area contributed by atoms with Crippen molar-refractivity contribution in [3.8, 4) is 17.2 Å². The van der Waals surface area contributed by atoms with E-state index in [0.29, 0.717) is 24.4 Å². The van der Waals surface area contributed by atoms with Gasteiger partial charge in [-0.3, -0.25) is 4.39 Å². The fourth-order valence-corrected chi connectivity index (χ4v) is 5.87. The molecule has 0 saturated heterocycles. The van der Waals surface area contributed by atoms with Crippen molar-refractivity contribution in [1.82, 2.24) is 0 Å². The van der Waals surface area contributed by atoms with Crippen molar-refractivity contribution in [3.05, 3.63) is 53.6 Å². The first kappa shape index (κ1) is 28.3. The van der Waals surface area contributed by atoms with Gasteiger partial charge in [0.2, 0.25) is 0 Å². The third-order valence-electron chi connectivity index (χ3n) is 8.28. The van der Waals surface area contributed by atoms with E-state index in [1.807, 2.05) is 18.2 Å². The average Bonchev–Trinajstić information content (AvgIpc) is 2.85. The molecule has 0 radical (unpaired) electrons. The van der Waals surface area contributed by atoms with Crippen LogP contribution in [0.5, 0.6) is 17.2 Å². The van der Waals surface area contributed by atoms with Gasteiger partial charge in [-0.1, -0.05) is 90.3 Å². The molecule has 0 aliphatic carbocycles. The van der Waals surface area contributed by atoms with Crippen LogP contribution in [0.3, 0.4) is 0 Å². The smallest absolute Gasteiger partial charge is 0.126 e. The van der Waals surface area contributed by atoms with Gasteiger partial charge in [0.05, 0.1) is 13.3 Å². The van der Waals surface area contributed by atoms with Crippen molar-refractivity contribution in [1.29, 1.82) is 0 Å². The second kappa shape index (κ2) is 13.4. The van der Waals surface area contributed by atoms with E-state index < -0.39 is 0 Å². The van der Waals surface area contributed by atoms with Crippen LogP contribution >= 0.6 is 0 Å². The fourth-order valence-electron chi connectivity index (χ4n) is 5.87. The molecule has 1 heterocycles. The quantitative estimate of drug-likeness (QED) is 0.241. The number of hydrogen-bond acceptors (Lipinski definition) is 3. The van der Waals surface area contributed by atoms with Gasteiger partial charge in [0.1, 0.15) is 17.2 Å². The van der Waals surface area contributed by atoms with E-state index in [2.05, 4.69) is 20.8 Å². The van der Waals surface area contributed by atoms with Crippen molar-refractivity contribution in [2.75, 3.05) is 13.3 Å². The summed E-state index contributed by atoms with van der Waals surface area (Å²) in [4.78, 5) is 0. The molecule has 2 atom stereocenters. The van der Waals surface area contributed by atoms with Gasteiger partial charge >= 0.3 is 0 Å². The molecule has 3 nitrogen and oxygen atoms in total. The summed E-state index contributed by atoms with van der Waals surface area (Å²) in [6.07, 6.45) is 13.9. The molecule has 36 heavy (non-hydrogen) atoms. The number of phenols is 2. The number of rotatable bonds is 15. The third kappa shape index (κ3) is 7.88. The van der Waals surface area contributed by atoms with E-state index in [9.17, 15) is 14.6 Å². The summed E-state index contributed by atoms with van der Waals surface area (Å²) in [5.74, 6) is 1.61. The Hall–Kier alpha value is -2.23. The maximum atomic E-state index is 12.3. The maximum absolute atomic E-state index is 12.3. The monoisotopic (exact) mass is 498 g/mol. The Bertz CT molecular complexity index is 923. The number of benzene rings is 2. The molecule has 0 fully saturated rings. The molecule has 0 saturated carbocycles. The molecule has 3 rings (SSSR count). The molecular formula is C32H47FO3. The van der Waals surface area contributed by atoms with Crippen molar-refractivity contribution in [2.45, 2.75) is 109 Å². The minimum Gasteiger partial charge on any atom is -0.508 e. The minimum atomic E-state index is -0.187. The zero-order valence-electron chi connectivity index (χ0n) is 22.7. The fraction of sp³-hybridized carbons (Fsp3) is 0.625. The lowest BCUT2D eigenvalue weighted by molar-refractivity contribution is 0.162. The van der Waals surface area contributed by atoms with Crippen molar-refractivity contribution in [3.63, 3.8) is 0 Å². The number of ether oxygens (including phenoxy) is 1. The summed E-state index contributed by atoms with van der Waals surface area (Å²) in [6, 6.07) is 13.1. The molecule has 4 heteroatoms. The molecule has 2 aromatic rings. The molecule has 0 bridgehead atoms. The Morgan fingerprint density at radius 1 is 0.833 bits per heavy atom. The van der Waals surface area contributed by atoms with Gasteiger partial charge in [0.15, 0.2) is 0 Å². The average molecular weight is 499 g/mol. The standard InChI is InChI=1S/C32H47FO3/c1-31(2,21-11-8-12-22-33)20-10-7-5-4-6-9-13-29-28-19-18-27(35)23-30(28)36-24-32(29,3)25-14-16-26(34)17-15-25/h14-19,23,29,34-35H,4-13,20-22,24H2,1-3H3/t29?,32-/m1/s1. The van der Waals surface area contributed by atoms with Crippen molar-refractivity contribution in [2.24, 2.45) is 5.41 Å². The van der Waals surface area contributed by atoms with Crippen LogP contribution in [-0.2, 0) is 5.41 Å². The molecule has 1 aliphatic heterocycles. The molecule has 1 unspecified atom stereocenters. The Balaban J connectivity index is 1.48. The predicted octanol–water partition coefficient (Wildman–Crippen LogP) is 9.21. The molecule has 2 aromatic carbocycles. The van der Waals surface area contributed by atoms with E-state index >= 15 is 0 Å². The van der Waals surface area contributed by atoms with E-state index in [4.69, 9.17) is 4.74 Å². The van der Waals surface area contributed by atoms with E-state index in [-0.39, 0.29) is 23.6 Å². The van der Waals surface area contributed by atoms with Gasteiger partial charge < -0.3 is 14.9 Å². The Labute approximate surface area is 218 Å². The SMILES string of the molecule is CC(C)(CCCCCF)CCCCCCCCC1c2ccc(O)cc2OC[C@]1(C)c1ccc(O)cc1. The lowest BCUT2D eigenvalue weighted by Crippen LogP contribution is -2.40. The van der Waals surface area contributed by atoms with E-state index in [0.717, 1.165) is 25.0 Å². The minimum absolute atomic E-state index is 0.179. The summed E-state index contributed by atoms with van der Waals surface area (Å²) in [5, 5.41) is 19.7. The first-order chi connectivity index (χ1) is 17.2. The highest BCUT2D eigenvalue weighted by atomic mass is 19.1. The molecule has 1 aliphatic rings. The van der Waals surface area contributed by atoms with Gasteiger partial charge in [-0.05, 0) is 60.4 Å². The predicted molar refractivity (Wildman–Crippen MR) is 147 cm³/mol. The van der Waals surface area contributed by atoms with Crippen LogP contribution in [-0.4, -0.2) is 23.5 Å². The normalized spacial score (nSPS) is 19.6. The van der Waals surface area contributed by atoms with Gasteiger partial charge in [0, 0.05) is 17.4 Å². The van der Waals surface area contributed by atoms with Crippen LogP contribution in [0.15, 0.2) is 42.5 Å². The van der Waals surface area contributed by atoms with Gasteiger partial charge in [0.25, 0.3) is 0 Å². The van der Waals surface area contributed by atoms with Crippen molar-refractivity contribution >= 4 is 0 Å². The van der Waals surface area contributed by atoms with E-state index in [1.54, 1.807) is 24.3 Å². The lowest BCUT2D eigenvalue weighted by atomic mass is 9.66. The summed E-state index contributed by atoms with van der Waals surface area (Å²) < 4.78 is 18.4. The van der Waals surface area contributed by atoms with Gasteiger partial charge in [-0.2, -0.15) is 0 Å². The second-order valence-corrected chi connectivity index (χ2v) is 11.9. The van der Waals surface area contributed by atoms with E-state index in [1.165, 1.54) is 62.5 Å². The molecule has 0 amide bonds. The molecular weight excluding hydrogens is 451 g/mol. The topological polar surface area (TPSA) is 49.7 Å². The van der Waals surface area contributed by atoms with Crippen molar-refractivity contribution < 1.29 is 19.3 Å². The number of halogens is 1. The summed E-state index contributed by atoms with van der Waals surface area (Å²) in [5.41, 5.74) is 2.53. The summed E-state index contributed by atoms with van der Waals surface area (Å²) in [6.45, 7) is 7.36. The largest absolute Gasteiger partial charge is 0.508 e. The Morgan fingerprint density at radius 3 is 2.08 bits per heavy atom. The number of fused-ring (bicyclic) bond motifs is 1. The highest BCUT2D eigenvalue weighted by Gasteiger charge is 2.42. The Kier molecular flexibility index (Phi) is 10.5. The van der Waals surface area contributed by atoms with Crippen LogP contribution in [0.1, 0.15) is 115 Å². The van der Waals surface area contributed by atoms with Crippen LogP contribution in [0.2, 0.25) is 0 Å². The zero-order valence-corrected chi connectivity index (χ0v) is 22.7. The zero-order chi connectivity index (χ0) is 26.0. The van der Waals surface area contributed by atoms with Crippen LogP contribution in [0.4, 0.5) is 4.39 Å². The van der Waals surface area contributed by atoms with Crippen LogP contribution in [0, 0.1) is 5.41 Å². The summed E-state index contributed by atoms with van der Waals surface area (Å²) in [7, 11) is 0. The number of unbranched alkanes of at least 4 members (excludes halogenated alkanes) is 7.